The number of alkyl halides is 3. The van der Waals surface area contributed by atoms with Crippen LogP contribution in [-0.4, -0.2) is 108 Å². The summed E-state index contributed by atoms with van der Waals surface area (Å²) < 4.78 is 62.6. The molecule has 3 fully saturated rings. The first kappa shape index (κ1) is 31.3. The fourth-order valence-electron chi connectivity index (χ4n) is 5.68. The zero-order chi connectivity index (χ0) is 31.8. The van der Waals surface area contributed by atoms with Gasteiger partial charge in [0.25, 0.3) is 0 Å². The van der Waals surface area contributed by atoms with Gasteiger partial charge in [-0.3, -0.25) is 0 Å². The molecule has 4 aliphatic rings. The summed E-state index contributed by atoms with van der Waals surface area (Å²) in [5, 5.41) is 3.23. The van der Waals surface area contributed by atoms with Crippen molar-refractivity contribution in [3.05, 3.63) is 23.0 Å². The van der Waals surface area contributed by atoms with Crippen LogP contribution < -0.4 is 19.9 Å². The monoisotopic (exact) mass is 636 g/mol. The van der Waals surface area contributed by atoms with Crippen LogP contribution in [0.25, 0.3) is 0 Å². The molecular formula is C29H39F3N8O5. The average molecular weight is 637 g/mol. The number of morpholine rings is 1. The van der Waals surface area contributed by atoms with Gasteiger partial charge in [0.2, 0.25) is 17.8 Å². The molecule has 4 aliphatic heterocycles. The lowest BCUT2D eigenvalue weighted by molar-refractivity contribution is -0.142. The third-order valence-corrected chi connectivity index (χ3v) is 7.98. The molecule has 246 valence electrons. The highest BCUT2D eigenvalue weighted by molar-refractivity contribution is 5.69. The first-order valence-corrected chi connectivity index (χ1v) is 15.3. The Morgan fingerprint density at radius 2 is 1.80 bits per heavy atom. The molecular weight excluding hydrogens is 597 g/mol. The number of piperidine rings is 1. The Morgan fingerprint density at radius 3 is 2.49 bits per heavy atom. The van der Waals surface area contributed by atoms with Crippen LogP contribution in [0.2, 0.25) is 0 Å². The first-order chi connectivity index (χ1) is 21.4. The summed E-state index contributed by atoms with van der Waals surface area (Å²) >= 11 is 0. The molecule has 0 aromatic carbocycles. The highest BCUT2D eigenvalue weighted by atomic mass is 19.4. The zero-order valence-corrected chi connectivity index (χ0v) is 25.7. The minimum Gasteiger partial charge on any atom is -0.469 e. The van der Waals surface area contributed by atoms with Crippen LogP contribution in [0.1, 0.15) is 50.4 Å². The summed E-state index contributed by atoms with van der Waals surface area (Å²) in [6, 6.07) is -0.158. The van der Waals surface area contributed by atoms with E-state index in [2.05, 4.69) is 25.1 Å². The number of hydrogen-bond acceptors (Lipinski definition) is 12. The molecule has 0 unspecified atom stereocenters. The average Bonchev–Trinajstić information content (AvgIpc) is 2.97. The van der Waals surface area contributed by atoms with Gasteiger partial charge in [0, 0.05) is 50.5 Å². The van der Waals surface area contributed by atoms with Crippen molar-refractivity contribution in [3.63, 3.8) is 0 Å². The van der Waals surface area contributed by atoms with Gasteiger partial charge in [-0.15, -0.1) is 0 Å². The Kier molecular flexibility index (Phi) is 8.78. The summed E-state index contributed by atoms with van der Waals surface area (Å²) in [6.45, 7) is 10.4. The standard InChI is InChI=1S/C29H39F3N8O5/c1-28(2,3)45-27(41)40-8-6-20-22(15-40)35-26(38-9-11-42-12-10-38)36-23(20)39-7-4-5-18(14-39)34-25-33-13-21(29(30,31)32)24(37-25)44-19-16-43-17-19/h13,18-19H,4-12,14-17H2,1-3H3,(H,33,34,37)/t18-/m1/s1. The molecule has 0 radical (unpaired) electrons. The summed E-state index contributed by atoms with van der Waals surface area (Å²) in [5.74, 6) is 0.951. The smallest absolute Gasteiger partial charge is 0.423 e. The van der Waals surface area contributed by atoms with Crippen molar-refractivity contribution in [2.45, 2.75) is 70.5 Å². The molecule has 0 spiro atoms. The highest BCUT2D eigenvalue weighted by Crippen LogP contribution is 2.36. The van der Waals surface area contributed by atoms with Gasteiger partial charge in [0.15, 0.2) is 0 Å². The number of carbonyl (C=O) groups is 1. The van der Waals surface area contributed by atoms with Crippen molar-refractivity contribution >= 4 is 23.8 Å². The number of aromatic nitrogens is 4. The number of ether oxygens (including phenoxy) is 4. The SMILES string of the molecule is CC(C)(C)OC(=O)N1CCc2c(nc(N3CCOCC3)nc2N2CCC[C@@H](Nc3ncc(C(F)(F)F)c(OC4COC4)n3)C2)C1. The third kappa shape index (κ3) is 7.43. The minimum atomic E-state index is -4.65. The Hall–Kier alpha value is -3.66. The maximum Gasteiger partial charge on any atom is 0.423 e. The van der Waals surface area contributed by atoms with Crippen LogP contribution in [0.5, 0.6) is 5.88 Å². The van der Waals surface area contributed by atoms with Crippen LogP contribution in [0.4, 0.5) is 35.7 Å². The maximum absolute atomic E-state index is 13.6. The van der Waals surface area contributed by atoms with E-state index in [1.165, 1.54) is 0 Å². The number of halogens is 3. The molecule has 0 bridgehead atoms. The maximum atomic E-state index is 13.6. The fourth-order valence-corrected chi connectivity index (χ4v) is 5.68. The van der Waals surface area contributed by atoms with Crippen LogP contribution >= 0.6 is 0 Å². The van der Waals surface area contributed by atoms with Gasteiger partial charge < -0.3 is 39.0 Å². The molecule has 6 heterocycles. The number of amides is 1. The van der Waals surface area contributed by atoms with E-state index >= 15 is 0 Å². The third-order valence-electron chi connectivity index (χ3n) is 7.98. The van der Waals surface area contributed by atoms with Crippen LogP contribution in [0, 0.1) is 0 Å². The summed E-state index contributed by atoms with van der Waals surface area (Å²) in [7, 11) is 0. The molecule has 13 nitrogen and oxygen atoms in total. The number of rotatable bonds is 6. The van der Waals surface area contributed by atoms with Crippen molar-refractivity contribution in [2.24, 2.45) is 0 Å². The molecule has 3 saturated heterocycles. The highest BCUT2D eigenvalue weighted by Gasteiger charge is 2.38. The predicted molar refractivity (Wildman–Crippen MR) is 157 cm³/mol. The van der Waals surface area contributed by atoms with E-state index in [1.807, 2.05) is 20.8 Å². The lowest BCUT2D eigenvalue weighted by Gasteiger charge is -2.38. The van der Waals surface area contributed by atoms with Gasteiger partial charge in [0.1, 0.15) is 23.1 Å². The van der Waals surface area contributed by atoms with Gasteiger partial charge >= 0.3 is 12.3 Å². The zero-order valence-electron chi connectivity index (χ0n) is 25.7. The van der Waals surface area contributed by atoms with E-state index in [0.717, 1.165) is 42.7 Å². The van der Waals surface area contributed by atoms with E-state index in [9.17, 15) is 18.0 Å². The van der Waals surface area contributed by atoms with Gasteiger partial charge in [-0.1, -0.05) is 0 Å². The number of nitrogens with zero attached hydrogens (tertiary/aromatic N) is 7. The van der Waals surface area contributed by atoms with Crippen molar-refractivity contribution in [1.29, 1.82) is 0 Å². The molecule has 0 aliphatic carbocycles. The lowest BCUT2D eigenvalue weighted by atomic mass is 10.0. The molecule has 1 atom stereocenters. The lowest BCUT2D eigenvalue weighted by Crippen LogP contribution is -2.45. The number of nitrogens with one attached hydrogen (secondary N) is 1. The number of carbonyl (C=O) groups excluding carboxylic acids is 1. The number of hydrogen-bond donors (Lipinski definition) is 1. The first-order valence-electron chi connectivity index (χ1n) is 15.3. The van der Waals surface area contributed by atoms with Crippen LogP contribution in [-0.2, 0) is 33.4 Å². The summed E-state index contributed by atoms with van der Waals surface area (Å²) in [4.78, 5) is 36.9. The summed E-state index contributed by atoms with van der Waals surface area (Å²) in [6.07, 6.45) is -2.60. The Balaban J connectivity index is 1.23. The van der Waals surface area contributed by atoms with Crippen molar-refractivity contribution in [1.82, 2.24) is 24.8 Å². The largest absolute Gasteiger partial charge is 0.469 e. The van der Waals surface area contributed by atoms with Gasteiger partial charge in [-0.2, -0.15) is 23.1 Å². The Morgan fingerprint density at radius 1 is 1.02 bits per heavy atom. The second-order valence-corrected chi connectivity index (χ2v) is 12.6. The summed E-state index contributed by atoms with van der Waals surface area (Å²) in [5.41, 5.74) is 0.130. The number of fused-ring (bicyclic) bond motifs is 1. The Bertz CT molecular complexity index is 1380. The molecule has 16 heteroatoms. The van der Waals surface area contributed by atoms with Crippen molar-refractivity contribution in [3.8, 4) is 5.88 Å². The molecule has 6 rings (SSSR count). The quantitative estimate of drug-likeness (QED) is 0.500. The Labute approximate surface area is 259 Å². The van der Waals surface area contributed by atoms with E-state index in [1.54, 1.807) is 4.90 Å². The second-order valence-electron chi connectivity index (χ2n) is 12.6. The van der Waals surface area contributed by atoms with E-state index in [4.69, 9.17) is 28.9 Å². The van der Waals surface area contributed by atoms with E-state index < -0.39 is 29.3 Å². The second kappa shape index (κ2) is 12.6. The predicted octanol–water partition coefficient (Wildman–Crippen LogP) is 3.27. The molecule has 45 heavy (non-hydrogen) atoms. The van der Waals surface area contributed by atoms with E-state index in [0.29, 0.717) is 58.3 Å². The topological polar surface area (TPSA) is 127 Å². The molecule has 2 aromatic rings. The molecule has 2 aromatic heterocycles. The van der Waals surface area contributed by atoms with Crippen LogP contribution in [0.3, 0.4) is 0 Å². The van der Waals surface area contributed by atoms with Crippen LogP contribution in [0.15, 0.2) is 6.20 Å². The van der Waals surface area contributed by atoms with Crippen molar-refractivity contribution < 1.29 is 36.9 Å². The normalized spacial score (nSPS) is 21.2. The van der Waals surface area contributed by atoms with Crippen molar-refractivity contribution in [2.75, 3.05) is 74.3 Å². The van der Waals surface area contributed by atoms with Gasteiger partial charge in [0.05, 0.1) is 38.7 Å². The molecule has 0 saturated carbocycles. The molecule has 1 N–H and O–H groups in total. The van der Waals surface area contributed by atoms with E-state index in [-0.39, 0.29) is 31.3 Å². The fraction of sp³-hybridized carbons (Fsp3) is 0.690. The van der Waals surface area contributed by atoms with Gasteiger partial charge in [-0.05, 0) is 40.0 Å². The minimum absolute atomic E-state index is 0.0665. The number of anilines is 3. The molecule has 1 amide bonds. The van der Waals surface area contributed by atoms with Gasteiger partial charge in [-0.25, -0.2) is 14.8 Å².